The largest absolute Gasteiger partial charge is 0.545 e. The fraction of sp³-hybridized carbons (Fsp3) is 0.200. The molecule has 0 saturated heterocycles. The molecule has 3 aromatic rings. The molecule has 2 aromatic carbocycles. The lowest BCUT2D eigenvalue weighted by Crippen LogP contribution is -2.23. The van der Waals surface area contributed by atoms with E-state index in [4.69, 9.17) is 18.9 Å². The van der Waals surface area contributed by atoms with Gasteiger partial charge in [-0.2, -0.15) is 4.37 Å². The van der Waals surface area contributed by atoms with Crippen LogP contribution in [0.1, 0.15) is 10.4 Å². The summed E-state index contributed by atoms with van der Waals surface area (Å²) in [7, 11) is 6.04. The molecule has 3 rings (SSSR count). The molecule has 7 nitrogen and oxygen atoms in total. The number of carboxylic acids is 1. The van der Waals surface area contributed by atoms with Crippen LogP contribution in [0.3, 0.4) is 0 Å². The van der Waals surface area contributed by atoms with Gasteiger partial charge >= 0.3 is 0 Å². The van der Waals surface area contributed by atoms with Gasteiger partial charge in [-0.15, -0.1) is 0 Å². The zero-order valence-electron chi connectivity index (χ0n) is 15.8. The third kappa shape index (κ3) is 3.46. The van der Waals surface area contributed by atoms with Gasteiger partial charge in [-0.25, -0.2) is 0 Å². The lowest BCUT2D eigenvalue weighted by Gasteiger charge is -2.15. The van der Waals surface area contributed by atoms with E-state index in [1.54, 1.807) is 32.5 Å². The van der Waals surface area contributed by atoms with Crippen molar-refractivity contribution in [2.24, 2.45) is 0 Å². The predicted octanol–water partition coefficient (Wildman–Crippen LogP) is 2.88. The van der Waals surface area contributed by atoms with E-state index in [-0.39, 0.29) is 11.3 Å². The lowest BCUT2D eigenvalue weighted by atomic mass is 10.0. The molecule has 0 bridgehead atoms. The Morgan fingerprint density at radius 1 is 0.893 bits per heavy atom. The number of hydrogen-bond donors (Lipinski definition) is 0. The topological polar surface area (TPSA) is 89.9 Å². The van der Waals surface area contributed by atoms with Crippen LogP contribution in [-0.4, -0.2) is 38.8 Å². The Hall–Kier alpha value is -3.26. The summed E-state index contributed by atoms with van der Waals surface area (Å²) in [5, 5.41) is 11.4. The minimum atomic E-state index is -1.31. The van der Waals surface area contributed by atoms with E-state index in [1.165, 1.54) is 31.8 Å². The Kier molecular flexibility index (Phi) is 5.70. The minimum absolute atomic E-state index is 0.0259. The number of carbonyl (C=O) groups is 1. The molecule has 0 spiro atoms. The molecule has 0 aliphatic heterocycles. The van der Waals surface area contributed by atoms with Crippen molar-refractivity contribution in [2.75, 3.05) is 28.4 Å². The SMILES string of the molecule is COc1ccc(-c2cnsc2-c2cc(OC)c(OC)c(OC)c2)cc1C(=O)[O-]. The van der Waals surface area contributed by atoms with Gasteiger partial charge in [-0.1, -0.05) is 6.07 Å². The number of hydrogen-bond acceptors (Lipinski definition) is 8. The number of aromatic carboxylic acids is 1. The predicted molar refractivity (Wildman–Crippen MR) is 104 cm³/mol. The van der Waals surface area contributed by atoms with Crippen LogP contribution in [0.15, 0.2) is 36.5 Å². The van der Waals surface area contributed by atoms with E-state index in [1.807, 2.05) is 12.1 Å². The molecular formula is C20H18NO6S-. The number of ether oxygens (including phenoxy) is 4. The van der Waals surface area contributed by atoms with Crippen LogP contribution >= 0.6 is 11.5 Å². The van der Waals surface area contributed by atoms with Crippen molar-refractivity contribution in [1.29, 1.82) is 0 Å². The van der Waals surface area contributed by atoms with Crippen molar-refractivity contribution in [1.82, 2.24) is 4.37 Å². The van der Waals surface area contributed by atoms with Gasteiger partial charge in [-0.05, 0) is 41.4 Å². The molecule has 0 saturated carbocycles. The minimum Gasteiger partial charge on any atom is -0.545 e. The molecule has 0 atom stereocenters. The highest BCUT2D eigenvalue weighted by molar-refractivity contribution is 7.10. The monoisotopic (exact) mass is 400 g/mol. The maximum absolute atomic E-state index is 11.4. The van der Waals surface area contributed by atoms with Crippen molar-refractivity contribution in [2.45, 2.75) is 0 Å². The highest BCUT2D eigenvalue weighted by Gasteiger charge is 2.18. The first-order valence-corrected chi connectivity index (χ1v) is 8.96. The van der Waals surface area contributed by atoms with Gasteiger partial charge in [0, 0.05) is 22.9 Å². The summed E-state index contributed by atoms with van der Waals surface area (Å²) in [6.45, 7) is 0. The first-order valence-electron chi connectivity index (χ1n) is 8.18. The average Bonchev–Trinajstić information content (AvgIpc) is 3.21. The fourth-order valence-electron chi connectivity index (χ4n) is 2.90. The summed E-state index contributed by atoms with van der Waals surface area (Å²) in [5.41, 5.74) is 2.22. The first kappa shape index (κ1) is 19.5. The van der Waals surface area contributed by atoms with Gasteiger partial charge in [0.25, 0.3) is 0 Å². The second-order valence-corrected chi connectivity index (χ2v) is 6.49. The Morgan fingerprint density at radius 3 is 2.07 bits per heavy atom. The van der Waals surface area contributed by atoms with E-state index in [0.29, 0.717) is 22.8 Å². The number of nitrogens with zero attached hydrogens (tertiary/aromatic N) is 1. The van der Waals surface area contributed by atoms with Crippen LogP contribution in [0.5, 0.6) is 23.0 Å². The van der Waals surface area contributed by atoms with Gasteiger partial charge in [0.1, 0.15) is 5.75 Å². The summed E-state index contributed by atoms with van der Waals surface area (Å²) in [6, 6.07) is 8.52. The molecule has 0 radical (unpaired) electrons. The van der Waals surface area contributed by atoms with Crippen molar-refractivity contribution in [3.05, 3.63) is 42.1 Å². The Labute approximate surface area is 166 Å². The smallest absolute Gasteiger partial charge is 0.203 e. The highest BCUT2D eigenvalue weighted by atomic mass is 32.1. The molecule has 0 aliphatic carbocycles. The van der Waals surface area contributed by atoms with Crippen LogP contribution in [-0.2, 0) is 0 Å². The van der Waals surface area contributed by atoms with Crippen molar-refractivity contribution in [3.8, 4) is 44.6 Å². The van der Waals surface area contributed by atoms with Crippen LogP contribution in [0.4, 0.5) is 0 Å². The number of carbonyl (C=O) groups excluding carboxylic acids is 1. The van der Waals surface area contributed by atoms with Crippen LogP contribution in [0.2, 0.25) is 0 Å². The number of aromatic nitrogens is 1. The molecule has 0 N–H and O–H groups in total. The van der Waals surface area contributed by atoms with Crippen molar-refractivity contribution >= 4 is 17.5 Å². The van der Waals surface area contributed by atoms with Gasteiger partial charge in [-0.3, -0.25) is 0 Å². The first-order chi connectivity index (χ1) is 13.5. The Morgan fingerprint density at radius 2 is 1.54 bits per heavy atom. The molecular weight excluding hydrogens is 382 g/mol. The van der Waals surface area contributed by atoms with Crippen molar-refractivity contribution in [3.63, 3.8) is 0 Å². The highest BCUT2D eigenvalue weighted by Crippen LogP contribution is 2.44. The van der Waals surface area contributed by atoms with Crippen LogP contribution < -0.4 is 24.1 Å². The number of carboxylic acid groups (broad SMARTS) is 1. The van der Waals surface area contributed by atoms with Gasteiger partial charge in [0.15, 0.2) is 11.5 Å². The third-order valence-corrected chi connectivity index (χ3v) is 5.08. The summed E-state index contributed by atoms with van der Waals surface area (Å²) in [5.74, 6) is 0.448. The standard InChI is InChI=1S/C20H19NO6S/c1-24-15-6-5-11(7-13(15)20(22)23)14-10-21-28-19(14)12-8-16(25-2)18(27-4)17(9-12)26-3/h5-10H,1-4H3,(H,22,23)/p-1. The molecule has 8 heteroatoms. The van der Waals surface area contributed by atoms with Gasteiger partial charge < -0.3 is 28.8 Å². The van der Waals surface area contributed by atoms with E-state index in [2.05, 4.69) is 4.37 Å². The maximum atomic E-state index is 11.4. The van der Waals surface area contributed by atoms with Gasteiger partial charge in [0.2, 0.25) is 5.75 Å². The second kappa shape index (κ2) is 8.18. The number of benzene rings is 2. The Bertz CT molecular complexity index is 989. The van der Waals surface area contributed by atoms with E-state index in [9.17, 15) is 9.90 Å². The molecule has 1 aromatic heterocycles. The summed E-state index contributed by atoms with van der Waals surface area (Å²) in [4.78, 5) is 12.3. The molecule has 1 heterocycles. The van der Waals surface area contributed by atoms with Gasteiger partial charge in [0.05, 0.1) is 39.3 Å². The second-order valence-electron chi connectivity index (χ2n) is 5.69. The molecule has 0 aliphatic rings. The third-order valence-electron chi connectivity index (χ3n) is 4.23. The average molecular weight is 400 g/mol. The molecule has 0 amide bonds. The normalized spacial score (nSPS) is 10.4. The summed E-state index contributed by atoms with van der Waals surface area (Å²) < 4.78 is 25.6. The van der Waals surface area contributed by atoms with Crippen LogP contribution in [0.25, 0.3) is 21.6 Å². The maximum Gasteiger partial charge on any atom is 0.203 e. The Balaban J connectivity index is 2.16. The van der Waals surface area contributed by atoms with E-state index in [0.717, 1.165) is 16.0 Å². The van der Waals surface area contributed by atoms with E-state index >= 15 is 0 Å². The molecule has 0 unspecified atom stereocenters. The van der Waals surface area contributed by atoms with Crippen molar-refractivity contribution < 1.29 is 28.8 Å². The number of methoxy groups -OCH3 is 4. The molecule has 146 valence electrons. The summed E-state index contributed by atoms with van der Waals surface area (Å²) in [6.07, 6.45) is 1.68. The lowest BCUT2D eigenvalue weighted by molar-refractivity contribution is -0.255. The molecule has 0 fully saturated rings. The molecule has 28 heavy (non-hydrogen) atoms. The zero-order valence-corrected chi connectivity index (χ0v) is 16.6. The van der Waals surface area contributed by atoms with Crippen LogP contribution in [0, 0.1) is 0 Å². The summed E-state index contributed by atoms with van der Waals surface area (Å²) >= 11 is 1.28. The van der Waals surface area contributed by atoms with E-state index < -0.39 is 5.97 Å². The number of rotatable bonds is 7. The quantitative estimate of drug-likeness (QED) is 0.602. The fourth-order valence-corrected chi connectivity index (χ4v) is 3.66. The zero-order chi connectivity index (χ0) is 20.3.